The standard InChI is InChI=1S/C26H36O9/c1-11-15-8-16(33-12(2)27)20-25(7)18(34-13(3)28)9-17(30)24(5,6)21(25)19(31)23(35-14(4)29)26(20,10-15)22(11)32/h15-18,20-23,30,32H,1,8-10H2,2-7H3/t15-,16-,17-,18-,20-,21+,22+,23-,25-,26-/m0/s1. The van der Waals surface area contributed by atoms with E-state index in [-0.39, 0.29) is 12.3 Å². The molecule has 0 aromatic rings. The highest BCUT2D eigenvalue weighted by atomic mass is 16.6. The highest BCUT2D eigenvalue weighted by Crippen LogP contribution is 2.72. The molecule has 10 atom stereocenters. The average molecular weight is 493 g/mol. The number of hydrogen-bond acceptors (Lipinski definition) is 9. The first-order chi connectivity index (χ1) is 16.1. The van der Waals surface area contributed by atoms with Crippen LogP contribution in [-0.2, 0) is 33.4 Å². The summed E-state index contributed by atoms with van der Waals surface area (Å²) >= 11 is 0. The van der Waals surface area contributed by atoms with Crippen LogP contribution in [0.15, 0.2) is 12.2 Å². The van der Waals surface area contributed by atoms with E-state index in [4.69, 9.17) is 14.2 Å². The van der Waals surface area contributed by atoms with E-state index in [1.54, 1.807) is 13.8 Å². The Balaban J connectivity index is 2.03. The minimum atomic E-state index is -1.33. The summed E-state index contributed by atoms with van der Waals surface area (Å²) in [6, 6.07) is 0. The molecule has 0 aromatic heterocycles. The van der Waals surface area contributed by atoms with Crippen LogP contribution in [0.5, 0.6) is 0 Å². The van der Waals surface area contributed by atoms with E-state index < -0.39 is 82.3 Å². The van der Waals surface area contributed by atoms with E-state index in [1.165, 1.54) is 20.8 Å². The Bertz CT molecular complexity index is 985. The summed E-state index contributed by atoms with van der Waals surface area (Å²) in [5, 5.41) is 22.7. The molecule has 1 spiro atoms. The Labute approximate surface area is 205 Å². The first-order valence-corrected chi connectivity index (χ1v) is 12.2. The molecule has 4 rings (SSSR count). The quantitative estimate of drug-likeness (QED) is 0.343. The fourth-order valence-corrected chi connectivity index (χ4v) is 8.37. The van der Waals surface area contributed by atoms with E-state index in [1.807, 2.05) is 6.92 Å². The fraction of sp³-hybridized carbons (Fsp3) is 0.769. The predicted molar refractivity (Wildman–Crippen MR) is 121 cm³/mol. The number of aliphatic hydroxyl groups is 2. The van der Waals surface area contributed by atoms with Gasteiger partial charge in [-0.25, -0.2) is 0 Å². The summed E-state index contributed by atoms with van der Waals surface area (Å²) in [7, 11) is 0. The Morgan fingerprint density at radius 1 is 0.943 bits per heavy atom. The van der Waals surface area contributed by atoms with Gasteiger partial charge >= 0.3 is 17.9 Å². The van der Waals surface area contributed by atoms with Gasteiger partial charge in [0.25, 0.3) is 0 Å². The number of aliphatic hydroxyl groups excluding tert-OH is 2. The Morgan fingerprint density at radius 3 is 2.06 bits per heavy atom. The van der Waals surface area contributed by atoms with Gasteiger partial charge in [0.2, 0.25) is 0 Å². The monoisotopic (exact) mass is 492 g/mol. The van der Waals surface area contributed by atoms with E-state index in [0.29, 0.717) is 18.4 Å². The molecule has 4 aliphatic rings. The molecule has 0 unspecified atom stereocenters. The van der Waals surface area contributed by atoms with Gasteiger partial charge in [0.15, 0.2) is 11.9 Å². The van der Waals surface area contributed by atoms with Crippen LogP contribution in [-0.4, -0.2) is 64.4 Å². The minimum absolute atomic E-state index is 0.0743. The second-order valence-electron chi connectivity index (χ2n) is 11.7. The Hall–Kier alpha value is -2.26. The molecule has 35 heavy (non-hydrogen) atoms. The summed E-state index contributed by atoms with van der Waals surface area (Å²) < 4.78 is 17.3. The van der Waals surface area contributed by atoms with Crippen molar-refractivity contribution in [2.24, 2.45) is 34.0 Å². The normalized spacial score (nSPS) is 45.7. The summed E-state index contributed by atoms with van der Waals surface area (Å²) in [4.78, 5) is 51.0. The zero-order valence-corrected chi connectivity index (χ0v) is 21.2. The molecule has 0 radical (unpaired) electrons. The molecular weight excluding hydrogens is 456 g/mol. The number of rotatable bonds is 3. The van der Waals surface area contributed by atoms with Crippen LogP contribution in [0.25, 0.3) is 0 Å². The molecule has 0 saturated heterocycles. The van der Waals surface area contributed by atoms with Gasteiger partial charge < -0.3 is 24.4 Å². The van der Waals surface area contributed by atoms with Crippen LogP contribution in [0, 0.1) is 34.0 Å². The molecule has 9 nitrogen and oxygen atoms in total. The number of ether oxygens (including phenoxy) is 3. The van der Waals surface area contributed by atoms with Crippen molar-refractivity contribution in [2.45, 2.75) is 91.3 Å². The van der Waals surface area contributed by atoms with Crippen molar-refractivity contribution >= 4 is 23.7 Å². The lowest BCUT2D eigenvalue weighted by Gasteiger charge is -2.67. The second kappa shape index (κ2) is 8.13. The van der Waals surface area contributed by atoms with E-state index in [2.05, 4.69) is 6.58 Å². The SMILES string of the molecule is C=C1[C@H]2C[C@H](OC(C)=O)[C@H]3[C@]4(C)[C@@H](OC(C)=O)C[C@H](O)C(C)(C)[C@H]4C(=O)[C@H](OC(C)=O)[C@]3(C2)[C@@H]1O. The van der Waals surface area contributed by atoms with Crippen LogP contribution < -0.4 is 0 Å². The predicted octanol–water partition coefficient (Wildman–Crippen LogP) is 1.72. The number of Topliss-reactive ketones (excluding diaryl/α,β-unsaturated/α-hetero) is 1. The third kappa shape index (κ3) is 3.41. The number of hydrogen-bond donors (Lipinski definition) is 2. The van der Waals surface area contributed by atoms with Crippen molar-refractivity contribution in [1.29, 1.82) is 0 Å². The topological polar surface area (TPSA) is 136 Å². The van der Waals surface area contributed by atoms with Crippen LogP contribution >= 0.6 is 0 Å². The van der Waals surface area contributed by atoms with Gasteiger partial charge in [-0.15, -0.1) is 0 Å². The lowest BCUT2D eigenvalue weighted by Crippen LogP contribution is -2.76. The molecule has 0 aromatic carbocycles. The maximum atomic E-state index is 14.3. The van der Waals surface area contributed by atoms with Crippen LogP contribution in [0.4, 0.5) is 0 Å². The smallest absolute Gasteiger partial charge is 0.303 e. The maximum Gasteiger partial charge on any atom is 0.303 e. The number of ketones is 1. The van der Waals surface area contributed by atoms with Gasteiger partial charge in [-0.05, 0) is 24.3 Å². The molecule has 0 aliphatic heterocycles. The van der Waals surface area contributed by atoms with Crippen molar-refractivity contribution in [1.82, 2.24) is 0 Å². The third-order valence-electron chi connectivity index (χ3n) is 9.42. The minimum Gasteiger partial charge on any atom is -0.462 e. The third-order valence-corrected chi connectivity index (χ3v) is 9.42. The molecular formula is C26H36O9. The number of carbonyl (C=O) groups is 4. The molecule has 4 fully saturated rings. The number of esters is 3. The lowest BCUT2D eigenvalue weighted by molar-refractivity contribution is -0.276. The van der Waals surface area contributed by atoms with E-state index in [9.17, 15) is 29.4 Å². The summed E-state index contributed by atoms with van der Waals surface area (Å²) in [5.41, 5.74) is -2.93. The Morgan fingerprint density at radius 2 is 1.51 bits per heavy atom. The van der Waals surface area contributed by atoms with Crippen LogP contribution in [0.1, 0.15) is 60.8 Å². The fourth-order valence-electron chi connectivity index (χ4n) is 8.37. The summed E-state index contributed by atoms with van der Waals surface area (Å²) in [6.07, 6.45) is -4.40. The molecule has 2 N–H and O–H groups in total. The van der Waals surface area contributed by atoms with Crippen molar-refractivity contribution < 1.29 is 43.6 Å². The van der Waals surface area contributed by atoms with Crippen molar-refractivity contribution in [3.63, 3.8) is 0 Å². The van der Waals surface area contributed by atoms with E-state index >= 15 is 0 Å². The molecule has 9 heteroatoms. The van der Waals surface area contributed by atoms with Crippen molar-refractivity contribution in [3.8, 4) is 0 Å². The van der Waals surface area contributed by atoms with Crippen LogP contribution in [0.3, 0.4) is 0 Å². The van der Waals surface area contributed by atoms with Gasteiger partial charge in [-0.2, -0.15) is 0 Å². The summed E-state index contributed by atoms with van der Waals surface area (Å²) in [5.74, 6) is -4.08. The molecule has 4 aliphatic carbocycles. The van der Waals surface area contributed by atoms with Gasteiger partial charge in [-0.1, -0.05) is 27.4 Å². The first-order valence-electron chi connectivity index (χ1n) is 12.2. The van der Waals surface area contributed by atoms with Crippen molar-refractivity contribution in [3.05, 3.63) is 12.2 Å². The van der Waals surface area contributed by atoms with Gasteiger partial charge in [0.1, 0.15) is 12.2 Å². The number of fused-ring (bicyclic) bond motifs is 3. The molecule has 194 valence electrons. The van der Waals surface area contributed by atoms with Crippen LogP contribution in [0.2, 0.25) is 0 Å². The van der Waals surface area contributed by atoms with E-state index in [0.717, 1.165) is 0 Å². The largest absolute Gasteiger partial charge is 0.462 e. The summed E-state index contributed by atoms with van der Waals surface area (Å²) in [6.45, 7) is 13.2. The average Bonchev–Trinajstić information content (AvgIpc) is 2.90. The maximum absolute atomic E-state index is 14.3. The number of carbonyl (C=O) groups excluding carboxylic acids is 4. The van der Waals surface area contributed by atoms with Gasteiger partial charge in [0, 0.05) is 49.9 Å². The molecule has 0 amide bonds. The zero-order valence-electron chi connectivity index (χ0n) is 21.2. The van der Waals surface area contributed by atoms with Gasteiger partial charge in [-0.3, -0.25) is 19.2 Å². The second-order valence-corrected chi connectivity index (χ2v) is 11.7. The molecule has 0 heterocycles. The van der Waals surface area contributed by atoms with Crippen molar-refractivity contribution in [2.75, 3.05) is 0 Å². The van der Waals surface area contributed by atoms with Gasteiger partial charge in [0.05, 0.1) is 17.6 Å². The highest BCUT2D eigenvalue weighted by molar-refractivity contribution is 5.91. The highest BCUT2D eigenvalue weighted by Gasteiger charge is 2.79. The molecule has 4 saturated carbocycles. The first kappa shape index (κ1) is 25.8. The lowest BCUT2D eigenvalue weighted by atomic mass is 9.38. The molecule has 2 bridgehead atoms. The Kier molecular flexibility index (Phi) is 6.00. The zero-order chi connectivity index (χ0) is 26.2.